The molecule has 22 heavy (non-hydrogen) atoms. The molecule has 106 valence electrons. The Hall–Kier alpha value is -2.94. The molecule has 0 unspecified atom stereocenters. The van der Waals surface area contributed by atoms with Crippen LogP contribution in [0.2, 0.25) is 0 Å². The molecule has 0 radical (unpaired) electrons. The number of carbonyl (C=O) groups is 2. The van der Waals surface area contributed by atoms with Crippen molar-refractivity contribution in [1.82, 2.24) is 0 Å². The van der Waals surface area contributed by atoms with Crippen molar-refractivity contribution in [2.45, 2.75) is 6.92 Å². The number of benzene rings is 2. The predicted octanol–water partition coefficient (Wildman–Crippen LogP) is 4.03. The minimum atomic E-state index is -0.226. The number of hydrogen-bond donors (Lipinski definition) is 0. The fraction of sp³-hybridized carbons (Fsp3) is 0.0526. The van der Waals surface area contributed by atoms with Crippen molar-refractivity contribution in [3.63, 3.8) is 0 Å². The topological polar surface area (TPSA) is 47.3 Å². The van der Waals surface area contributed by atoms with Gasteiger partial charge in [-0.05, 0) is 12.5 Å². The molecule has 0 saturated heterocycles. The summed E-state index contributed by atoms with van der Waals surface area (Å²) in [5.41, 5.74) is 2.83. The normalized spacial score (nSPS) is 13.0. The van der Waals surface area contributed by atoms with Crippen LogP contribution in [-0.4, -0.2) is 11.6 Å². The molecular formula is C19H12O3. The van der Waals surface area contributed by atoms with Crippen LogP contribution in [0.15, 0.2) is 59.0 Å². The monoisotopic (exact) mass is 288 g/mol. The first-order valence-corrected chi connectivity index (χ1v) is 7.05. The summed E-state index contributed by atoms with van der Waals surface area (Å²) in [7, 11) is 0. The van der Waals surface area contributed by atoms with E-state index in [4.69, 9.17) is 4.42 Å². The summed E-state index contributed by atoms with van der Waals surface area (Å²) in [4.78, 5) is 25.5. The second kappa shape index (κ2) is 4.53. The molecular weight excluding hydrogens is 276 g/mol. The molecule has 0 saturated carbocycles. The Morgan fingerprint density at radius 2 is 1.32 bits per heavy atom. The minimum absolute atomic E-state index is 0.152. The first-order valence-electron chi connectivity index (χ1n) is 7.05. The molecule has 1 aliphatic rings. The largest absolute Gasteiger partial charge is 0.456 e. The Labute approximate surface area is 127 Å². The Bertz CT molecular complexity index is 917. The van der Waals surface area contributed by atoms with Gasteiger partial charge in [-0.1, -0.05) is 54.6 Å². The molecule has 0 spiro atoms. The maximum absolute atomic E-state index is 12.8. The molecule has 0 atom stereocenters. The van der Waals surface area contributed by atoms with Crippen molar-refractivity contribution in [1.29, 1.82) is 0 Å². The molecule has 2 aromatic carbocycles. The van der Waals surface area contributed by atoms with Crippen LogP contribution in [0.25, 0.3) is 11.1 Å². The summed E-state index contributed by atoms with van der Waals surface area (Å²) >= 11 is 0. The Kier molecular flexibility index (Phi) is 2.63. The van der Waals surface area contributed by atoms with Gasteiger partial charge in [0.05, 0.1) is 5.56 Å². The lowest BCUT2D eigenvalue weighted by Crippen LogP contribution is -2.19. The van der Waals surface area contributed by atoms with Gasteiger partial charge >= 0.3 is 0 Å². The predicted molar refractivity (Wildman–Crippen MR) is 82.2 cm³/mol. The van der Waals surface area contributed by atoms with Crippen LogP contribution >= 0.6 is 0 Å². The van der Waals surface area contributed by atoms with E-state index >= 15 is 0 Å². The number of furan rings is 1. The third-order valence-corrected chi connectivity index (χ3v) is 4.00. The zero-order valence-corrected chi connectivity index (χ0v) is 11.9. The number of aryl methyl sites for hydroxylation is 1. The van der Waals surface area contributed by atoms with Crippen molar-refractivity contribution >= 4 is 11.6 Å². The number of carbonyl (C=O) groups excluding carboxylic acids is 2. The molecule has 1 aromatic heterocycles. The molecule has 3 nitrogen and oxygen atoms in total. The van der Waals surface area contributed by atoms with Crippen molar-refractivity contribution in [2.75, 3.05) is 0 Å². The van der Waals surface area contributed by atoms with Crippen LogP contribution in [0.1, 0.15) is 37.8 Å². The molecule has 0 aliphatic heterocycles. The van der Waals surface area contributed by atoms with Crippen LogP contribution in [0.5, 0.6) is 0 Å². The SMILES string of the molecule is Cc1oc2c(c1-c1ccccc1)C(=O)c1ccccc1C2=O. The first-order chi connectivity index (χ1) is 10.7. The lowest BCUT2D eigenvalue weighted by Gasteiger charge is -2.13. The second-order valence-corrected chi connectivity index (χ2v) is 5.31. The van der Waals surface area contributed by atoms with Crippen LogP contribution in [0, 0.1) is 6.92 Å². The summed E-state index contributed by atoms with van der Waals surface area (Å²) in [5, 5.41) is 0. The molecule has 1 aliphatic carbocycles. The molecule has 0 fully saturated rings. The molecule has 0 N–H and O–H groups in total. The molecule has 4 rings (SSSR count). The lowest BCUT2D eigenvalue weighted by atomic mass is 9.85. The van der Waals surface area contributed by atoms with Crippen molar-refractivity contribution in [3.05, 3.63) is 82.8 Å². The van der Waals surface area contributed by atoms with Gasteiger partial charge in [-0.15, -0.1) is 0 Å². The van der Waals surface area contributed by atoms with Gasteiger partial charge < -0.3 is 4.42 Å². The molecule has 3 aromatic rings. The smallest absolute Gasteiger partial charge is 0.229 e. The second-order valence-electron chi connectivity index (χ2n) is 5.31. The van der Waals surface area contributed by atoms with Gasteiger partial charge in [0, 0.05) is 16.7 Å². The lowest BCUT2D eigenvalue weighted by molar-refractivity contribution is 0.0960. The number of ketones is 2. The average Bonchev–Trinajstić information content (AvgIpc) is 2.91. The van der Waals surface area contributed by atoms with E-state index in [1.54, 1.807) is 31.2 Å². The summed E-state index contributed by atoms with van der Waals surface area (Å²) in [6.45, 7) is 1.78. The van der Waals surface area contributed by atoms with Gasteiger partial charge in [0.15, 0.2) is 11.5 Å². The van der Waals surface area contributed by atoms with E-state index in [0.717, 1.165) is 5.56 Å². The highest BCUT2D eigenvalue weighted by Gasteiger charge is 2.36. The minimum Gasteiger partial charge on any atom is -0.456 e. The maximum atomic E-state index is 12.8. The zero-order valence-electron chi connectivity index (χ0n) is 11.9. The van der Waals surface area contributed by atoms with E-state index in [0.29, 0.717) is 28.0 Å². The average molecular weight is 288 g/mol. The van der Waals surface area contributed by atoms with Gasteiger partial charge in [-0.2, -0.15) is 0 Å². The van der Waals surface area contributed by atoms with Crippen molar-refractivity contribution < 1.29 is 14.0 Å². The van der Waals surface area contributed by atoms with Gasteiger partial charge in [0.25, 0.3) is 0 Å². The highest BCUT2D eigenvalue weighted by atomic mass is 16.3. The Balaban J connectivity index is 2.03. The molecule has 0 bridgehead atoms. The molecule has 3 heteroatoms. The molecule has 1 heterocycles. The van der Waals surface area contributed by atoms with Crippen LogP contribution in [0.4, 0.5) is 0 Å². The fourth-order valence-corrected chi connectivity index (χ4v) is 3.01. The van der Waals surface area contributed by atoms with E-state index in [1.165, 1.54) is 0 Å². The third kappa shape index (κ3) is 1.62. The van der Waals surface area contributed by atoms with Crippen LogP contribution < -0.4 is 0 Å². The summed E-state index contributed by atoms with van der Waals surface area (Å²) in [6.07, 6.45) is 0. The van der Waals surface area contributed by atoms with Crippen LogP contribution in [0.3, 0.4) is 0 Å². The van der Waals surface area contributed by atoms with E-state index in [-0.39, 0.29) is 17.3 Å². The molecule has 0 amide bonds. The number of rotatable bonds is 1. The first kappa shape index (κ1) is 12.8. The number of hydrogen-bond acceptors (Lipinski definition) is 3. The fourth-order valence-electron chi connectivity index (χ4n) is 3.01. The van der Waals surface area contributed by atoms with E-state index in [2.05, 4.69) is 0 Å². The maximum Gasteiger partial charge on any atom is 0.229 e. The number of fused-ring (bicyclic) bond motifs is 2. The standard InChI is InChI=1S/C19H12O3/c1-11-15(12-7-3-2-4-8-12)16-17(20)13-9-5-6-10-14(13)18(21)19(16)22-11/h2-10H,1H3. The van der Waals surface area contributed by atoms with Gasteiger partial charge in [-0.25, -0.2) is 0 Å². The Morgan fingerprint density at radius 1 is 0.727 bits per heavy atom. The van der Waals surface area contributed by atoms with E-state index in [9.17, 15) is 9.59 Å². The quantitative estimate of drug-likeness (QED) is 0.531. The van der Waals surface area contributed by atoms with Crippen LogP contribution in [-0.2, 0) is 0 Å². The highest BCUT2D eigenvalue weighted by Crippen LogP contribution is 2.38. The van der Waals surface area contributed by atoms with Crippen molar-refractivity contribution in [2.24, 2.45) is 0 Å². The van der Waals surface area contributed by atoms with Gasteiger partial charge in [-0.3, -0.25) is 9.59 Å². The summed E-state index contributed by atoms with van der Waals surface area (Å²) < 4.78 is 5.66. The zero-order chi connectivity index (χ0) is 15.3. The third-order valence-electron chi connectivity index (χ3n) is 4.00. The van der Waals surface area contributed by atoms with E-state index in [1.807, 2.05) is 30.3 Å². The van der Waals surface area contributed by atoms with Crippen molar-refractivity contribution in [3.8, 4) is 11.1 Å². The van der Waals surface area contributed by atoms with Gasteiger partial charge in [0.1, 0.15) is 5.76 Å². The van der Waals surface area contributed by atoms with E-state index < -0.39 is 0 Å². The summed E-state index contributed by atoms with van der Waals surface area (Å²) in [5.74, 6) is 0.363. The Morgan fingerprint density at radius 3 is 2.00 bits per heavy atom. The van der Waals surface area contributed by atoms with Gasteiger partial charge in [0.2, 0.25) is 5.78 Å². The summed E-state index contributed by atoms with van der Waals surface area (Å²) in [6, 6.07) is 16.4. The highest BCUT2D eigenvalue weighted by molar-refractivity contribution is 6.29.